The standard InChI is InChI=1S/C18H30N4O6/c1-17(2,3)21-11-9(19(7)15(21)23)25-13(27-11)14-26-10-12(28-14)22(18(4,5)6)16(24)20(10)8/h9-14H,1-8H3/t9-,10+,11+,12-,13-,14-/m1/s1. The highest BCUT2D eigenvalue weighted by molar-refractivity contribution is 5.78. The molecule has 0 aromatic rings. The minimum Gasteiger partial charge on any atom is -0.319 e. The molecule has 0 N–H and O–H groups in total. The Balaban J connectivity index is 1.51. The molecular weight excluding hydrogens is 368 g/mol. The second-order valence-electron chi connectivity index (χ2n) is 9.71. The number of likely N-dealkylation sites (N-methyl/N-ethyl adjacent to an activating group) is 2. The van der Waals surface area contributed by atoms with Gasteiger partial charge in [-0.25, -0.2) is 9.59 Å². The molecule has 10 heteroatoms. The largest absolute Gasteiger partial charge is 0.324 e. The van der Waals surface area contributed by atoms with Crippen molar-refractivity contribution in [2.45, 2.75) is 90.1 Å². The van der Waals surface area contributed by atoms with Crippen LogP contribution in [0.5, 0.6) is 0 Å². The molecule has 158 valence electrons. The maximum Gasteiger partial charge on any atom is 0.324 e. The van der Waals surface area contributed by atoms with Gasteiger partial charge in [0.25, 0.3) is 0 Å². The van der Waals surface area contributed by atoms with Crippen molar-refractivity contribution in [1.82, 2.24) is 19.6 Å². The molecule has 0 bridgehead atoms. The van der Waals surface area contributed by atoms with Crippen LogP contribution >= 0.6 is 0 Å². The fraction of sp³-hybridized carbons (Fsp3) is 0.889. The quantitative estimate of drug-likeness (QED) is 0.663. The topological polar surface area (TPSA) is 84.0 Å². The lowest BCUT2D eigenvalue weighted by atomic mass is 10.1. The van der Waals surface area contributed by atoms with Crippen molar-refractivity contribution in [3.63, 3.8) is 0 Å². The molecule has 0 saturated carbocycles. The minimum atomic E-state index is -0.800. The van der Waals surface area contributed by atoms with E-state index in [2.05, 4.69) is 0 Å². The van der Waals surface area contributed by atoms with Crippen LogP contribution in [0.2, 0.25) is 0 Å². The van der Waals surface area contributed by atoms with Crippen LogP contribution in [0, 0.1) is 0 Å². The first kappa shape index (κ1) is 19.7. The SMILES string of the molecule is CN1C(=O)N(C(C)(C)C)[C@H]2O[C@H]([C@H]3O[C@@H]4[C@H](O3)N(C)C(=O)N4C(C)(C)C)O[C@H]21. The molecule has 4 aliphatic rings. The zero-order valence-corrected chi connectivity index (χ0v) is 17.7. The molecule has 4 amide bonds. The van der Waals surface area contributed by atoms with E-state index in [1.54, 1.807) is 23.9 Å². The van der Waals surface area contributed by atoms with Crippen molar-refractivity contribution < 1.29 is 28.5 Å². The Morgan fingerprint density at radius 2 is 0.893 bits per heavy atom. The summed E-state index contributed by atoms with van der Waals surface area (Å²) < 4.78 is 24.1. The zero-order chi connectivity index (χ0) is 20.8. The highest BCUT2D eigenvalue weighted by atomic mass is 16.8. The average molecular weight is 398 g/mol. The van der Waals surface area contributed by atoms with E-state index >= 15 is 0 Å². The zero-order valence-electron chi connectivity index (χ0n) is 17.7. The predicted molar refractivity (Wildman–Crippen MR) is 96.6 cm³/mol. The summed E-state index contributed by atoms with van der Waals surface area (Å²) in [7, 11) is 3.38. The van der Waals surface area contributed by atoms with Gasteiger partial charge in [0.05, 0.1) is 0 Å². The second-order valence-corrected chi connectivity index (χ2v) is 9.71. The Labute approximate surface area is 165 Å². The third-order valence-corrected chi connectivity index (χ3v) is 5.54. The first-order chi connectivity index (χ1) is 12.8. The number of amides is 4. The molecule has 4 aliphatic heterocycles. The van der Waals surface area contributed by atoms with Crippen molar-refractivity contribution in [2.75, 3.05) is 14.1 Å². The van der Waals surface area contributed by atoms with Crippen LogP contribution in [-0.2, 0) is 18.9 Å². The van der Waals surface area contributed by atoms with Crippen molar-refractivity contribution in [3.8, 4) is 0 Å². The molecule has 4 saturated heterocycles. The van der Waals surface area contributed by atoms with Gasteiger partial charge in [0.1, 0.15) is 0 Å². The maximum absolute atomic E-state index is 12.6. The highest BCUT2D eigenvalue weighted by Gasteiger charge is 2.61. The number of fused-ring (bicyclic) bond motifs is 2. The Kier molecular flexibility index (Phi) is 4.18. The molecule has 0 spiro atoms. The van der Waals surface area contributed by atoms with Crippen LogP contribution in [0.25, 0.3) is 0 Å². The lowest BCUT2D eigenvalue weighted by Gasteiger charge is -2.36. The number of hydrogen-bond donors (Lipinski definition) is 0. The molecule has 4 rings (SSSR count). The lowest BCUT2D eigenvalue weighted by molar-refractivity contribution is -0.245. The Bertz CT molecular complexity index is 631. The van der Waals surface area contributed by atoms with Crippen LogP contribution in [0.4, 0.5) is 9.59 Å². The van der Waals surface area contributed by atoms with Gasteiger partial charge in [-0.15, -0.1) is 0 Å². The number of nitrogens with zero attached hydrogens (tertiary/aromatic N) is 4. The van der Waals surface area contributed by atoms with Gasteiger partial charge in [0, 0.05) is 25.2 Å². The Hall–Kier alpha value is -1.62. The molecule has 0 unspecified atom stereocenters. The third-order valence-electron chi connectivity index (χ3n) is 5.54. The fourth-order valence-corrected chi connectivity index (χ4v) is 4.19. The normalized spacial score (nSPS) is 38.7. The van der Waals surface area contributed by atoms with Gasteiger partial charge >= 0.3 is 12.1 Å². The summed E-state index contributed by atoms with van der Waals surface area (Å²) in [6, 6.07) is -0.286. The van der Waals surface area contributed by atoms with E-state index in [9.17, 15) is 9.59 Å². The van der Waals surface area contributed by atoms with Crippen LogP contribution in [-0.4, -0.2) is 94.3 Å². The van der Waals surface area contributed by atoms with Gasteiger partial charge in [0.15, 0.2) is 24.9 Å². The third kappa shape index (κ3) is 2.69. The van der Waals surface area contributed by atoms with Gasteiger partial charge in [-0.05, 0) is 41.5 Å². The number of ether oxygens (including phenoxy) is 4. The van der Waals surface area contributed by atoms with Gasteiger partial charge in [-0.3, -0.25) is 19.6 Å². The van der Waals surface area contributed by atoms with Gasteiger partial charge in [-0.2, -0.15) is 0 Å². The summed E-state index contributed by atoms with van der Waals surface area (Å²) in [6.45, 7) is 11.7. The molecule has 28 heavy (non-hydrogen) atoms. The molecule has 0 aromatic carbocycles. The fourth-order valence-electron chi connectivity index (χ4n) is 4.19. The molecule has 4 fully saturated rings. The maximum atomic E-state index is 12.6. The Morgan fingerprint density at radius 3 is 1.18 bits per heavy atom. The Morgan fingerprint density at radius 1 is 0.607 bits per heavy atom. The van der Waals surface area contributed by atoms with E-state index in [0.717, 1.165) is 0 Å². The summed E-state index contributed by atoms with van der Waals surface area (Å²) in [5, 5.41) is 0. The lowest BCUT2D eigenvalue weighted by Crippen LogP contribution is -2.50. The second kappa shape index (κ2) is 5.94. The number of hydrogen-bond acceptors (Lipinski definition) is 6. The number of rotatable bonds is 1. The van der Waals surface area contributed by atoms with Crippen molar-refractivity contribution >= 4 is 12.1 Å². The van der Waals surface area contributed by atoms with E-state index in [0.29, 0.717) is 0 Å². The minimum absolute atomic E-state index is 0.143. The number of urea groups is 2. The van der Waals surface area contributed by atoms with E-state index in [1.807, 2.05) is 41.5 Å². The van der Waals surface area contributed by atoms with Crippen LogP contribution < -0.4 is 0 Å². The van der Waals surface area contributed by atoms with Gasteiger partial charge < -0.3 is 18.9 Å². The summed E-state index contributed by atoms with van der Waals surface area (Å²) in [6.07, 6.45) is -3.77. The summed E-state index contributed by atoms with van der Waals surface area (Å²) >= 11 is 0. The molecule has 0 radical (unpaired) electrons. The van der Waals surface area contributed by atoms with Crippen LogP contribution in [0.15, 0.2) is 0 Å². The van der Waals surface area contributed by atoms with Gasteiger partial charge in [-0.1, -0.05) is 0 Å². The van der Waals surface area contributed by atoms with Crippen LogP contribution in [0.1, 0.15) is 41.5 Å². The first-order valence-electron chi connectivity index (χ1n) is 9.56. The summed E-state index contributed by atoms with van der Waals surface area (Å²) in [4.78, 5) is 31.5. The smallest absolute Gasteiger partial charge is 0.319 e. The summed E-state index contributed by atoms with van der Waals surface area (Å²) in [5.74, 6) is 0. The molecule has 0 aromatic heterocycles. The molecule has 0 aliphatic carbocycles. The van der Waals surface area contributed by atoms with E-state index in [1.165, 1.54) is 9.80 Å². The molecule has 10 nitrogen and oxygen atoms in total. The van der Waals surface area contributed by atoms with Gasteiger partial charge in [0.2, 0.25) is 12.6 Å². The van der Waals surface area contributed by atoms with Crippen molar-refractivity contribution in [1.29, 1.82) is 0 Å². The summed E-state index contributed by atoms with van der Waals surface area (Å²) in [5.41, 5.74) is -0.848. The van der Waals surface area contributed by atoms with Crippen molar-refractivity contribution in [3.05, 3.63) is 0 Å². The molecule has 6 atom stereocenters. The van der Waals surface area contributed by atoms with E-state index in [4.69, 9.17) is 18.9 Å². The predicted octanol–water partition coefficient (Wildman–Crippen LogP) is 1.37. The molecular formula is C18H30N4O6. The molecule has 4 heterocycles. The van der Waals surface area contributed by atoms with E-state index in [-0.39, 0.29) is 12.1 Å². The average Bonchev–Trinajstić information content (AvgIpc) is 3.24. The van der Waals surface area contributed by atoms with Crippen LogP contribution in [0.3, 0.4) is 0 Å². The monoisotopic (exact) mass is 398 g/mol. The van der Waals surface area contributed by atoms with Crippen molar-refractivity contribution in [2.24, 2.45) is 0 Å². The number of carbonyl (C=O) groups is 2. The highest BCUT2D eigenvalue weighted by Crippen LogP contribution is 2.42. The number of carbonyl (C=O) groups excluding carboxylic acids is 2. The van der Waals surface area contributed by atoms with E-state index < -0.39 is 48.6 Å². The first-order valence-corrected chi connectivity index (χ1v) is 9.56.